The minimum absolute atomic E-state index is 0.263. The highest BCUT2D eigenvalue weighted by atomic mass is 16.5. The molecule has 1 N–H and O–H groups in total. The zero-order chi connectivity index (χ0) is 16.2. The second kappa shape index (κ2) is 10.7. The average molecular weight is 300 g/mol. The summed E-state index contributed by atoms with van der Waals surface area (Å²) in [6.07, 6.45) is 11.5. The normalized spacial score (nSPS) is 12.7. The van der Waals surface area contributed by atoms with Gasteiger partial charge >= 0.3 is 0 Å². The predicted octanol–water partition coefficient (Wildman–Crippen LogP) is 5.66. The fourth-order valence-electron chi connectivity index (χ4n) is 2.38. The Morgan fingerprint density at radius 1 is 1.18 bits per heavy atom. The lowest BCUT2D eigenvalue weighted by Crippen LogP contribution is -2.06. The van der Waals surface area contributed by atoms with Crippen molar-refractivity contribution in [1.82, 2.24) is 0 Å². The summed E-state index contributed by atoms with van der Waals surface area (Å²) in [5.74, 6) is 1.66. The molecule has 1 unspecified atom stereocenters. The number of phenolic OH excluding ortho intramolecular Hbond substituents is 1. The zero-order valence-electron chi connectivity index (χ0n) is 13.6. The third-order valence-corrected chi connectivity index (χ3v) is 3.67. The molecule has 0 fully saturated rings. The van der Waals surface area contributed by atoms with E-state index in [2.05, 4.69) is 26.2 Å². The highest BCUT2D eigenvalue weighted by Crippen LogP contribution is 2.20. The minimum Gasteiger partial charge on any atom is -0.508 e. The minimum atomic E-state index is 0.263. The highest BCUT2D eigenvalue weighted by molar-refractivity contribution is 5.29. The molecule has 1 rings (SSSR count). The van der Waals surface area contributed by atoms with Crippen LogP contribution in [0.4, 0.5) is 0 Å². The second-order valence-corrected chi connectivity index (χ2v) is 5.64. The molecule has 0 saturated heterocycles. The molecule has 0 amide bonds. The molecule has 0 radical (unpaired) electrons. The Kier molecular flexibility index (Phi) is 8.82. The first-order valence-electron chi connectivity index (χ1n) is 7.95. The first kappa shape index (κ1) is 18.1. The van der Waals surface area contributed by atoms with Crippen LogP contribution in [0.1, 0.15) is 39.0 Å². The smallest absolute Gasteiger partial charge is 0.119 e. The quantitative estimate of drug-likeness (QED) is 0.535. The molecule has 0 aromatic heterocycles. The summed E-state index contributed by atoms with van der Waals surface area (Å²) < 4.78 is 5.73. The van der Waals surface area contributed by atoms with Crippen molar-refractivity contribution < 1.29 is 9.84 Å². The second-order valence-electron chi connectivity index (χ2n) is 5.64. The van der Waals surface area contributed by atoms with E-state index in [9.17, 15) is 5.11 Å². The van der Waals surface area contributed by atoms with Crippen LogP contribution in [0.2, 0.25) is 0 Å². The number of allylic oxidation sites excluding steroid dienone is 4. The van der Waals surface area contributed by atoms with Gasteiger partial charge in [0.05, 0.1) is 6.61 Å². The largest absolute Gasteiger partial charge is 0.508 e. The molecule has 1 aromatic carbocycles. The predicted molar refractivity (Wildman–Crippen MR) is 94.3 cm³/mol. The summed E-state index contributed by atoms with van der Waals surface area (Å²) in [6, 6.07) is 6.87. The van der Waals surface area contributed by atoms with Gasteiger partial charge in [0, 0.05) is 0 Å². The molecule has 2 nitrogen and oxygen atoms in total. The van der Waals surface area contributed by atoms with Gasteiger partial charge in [-0.2, -0.15) is 0 Å². The number of rotatable bonds is 11. The van der Waals surface area contributed by atoms with E-state index in [1.165, 1.54) is 5.57 Å². The molecule has 22 heavy (non-hydrogen) atoms. The van der Waals surface area contributed by atoms with E-state index in [1.807, 2.05) is 12.2 Å². The summed E-state index contributed by atoms with van der Waals surface area (Å²) >= 11 is 0. The maximum absolute atomic E-state index is 9.24. The summed E-state index contributed by atoms with van der Waals surface area (Å²) in [5.41, 5.74) is 1.38. The Bertz CT molecular complexity index is 471. The summed E-state index contributed by atoms with van der Waals surface area (Å²) in [6.45, 7) is 10.5. The molecular formula is C20H28O2. The van der Waals surface area contributed by atoms with Crippen LogP contribution >= 0.6 is 0 Å². The molecule has 0 aliphatic rings. The number of hydrogen-bond acceptors (Lipinski definition) is 2. The van der Waals surface area contributed by atoms with Crippen molar-refractivity contribution in [3.63, 3.8) is 0 Å². The Labute approximate surface area is 134 Å². The Hall–Kier alpha value is -1.96. The van der Waals surface area contributed by atoms with Gasteiger partial charge in [-0.25, -0.2) is 0 Å². The maximum atomic E-state index is 9.24. The first-order valence-corrected chi connectivity index (χ1v) is 7.95. The Morgan fingerprint density at radius 2 is 1.91 bits per heavy atom. The summed E-state index contributed by atoms with van der Waals surface area (Å²) in [5, 5.41) is 9.24. The van der Waals surface area contributed by atoms with Gasteiger partial charge in [-0.1, -0.05) is 23.8 Å². The van der Waals surface area contributed by atoms with Crippen molar-refractivity contribution in [3.05, 3.63) is 61.2 Å². The van der Waals surface area contributed by atoms with Crippen LogP contribution in [0, 0.1) is 5.92 Å². The van der Waals surface area contributed by atoms with E-state index < -0.39 is 0 Å². The number of benzene rings is 1. The van der Waals surface area contributed by atoms with Crippen molar-refractivity contribution in [1.29, 1.82) is 0 Å². The SMILES string of the molecule is C=CCC(C)=CCCC(CC=C)CCOc1ccc(O)cc1. The Balaban J connectivity index is 2.33. The van der Waals surface area contributed by atoms with Gasteiger partial charge in [0.2, 0.25) is 0 Å². The molecular weight excluding hydrogens is 272 g/mol. The van der Waals surface area contributed by atoms with Gasteiger partial charge in [-0.3, -0.25) is 0 Å². The van der Waals surface area contributed by atoms with Gasteiger partial charge in [0.15, 0.2) is 0 Å². The van der Waals surface area contributed by atoms with Crippen molar-refractivity contribution in [2.45, 2.75) is 39.0 Å². The van der Waals surface area contributed by atoms with Crippen LogP contribution in [-0.2, 0) is 0 Å². The van der Waals surface area contributed by atoms with Gasteiger partial charge in [0.1, 0.15) is 11.5 Å². The van der Waals surface area contributed by atoms with Crippen LogP contribution in [0.5, 0.6) is 11.5 Å². The highest BCUT2D eigenvalue weighted by Gasteiger charge is 2.07. The Morgan fingerprint density at radius 3 is 2.55 bits per heavy atom. The van der Waals surface area contributed by atoms with E-state index in [0.29, 0.717) is 12.5 Å². The topological polar surface area (TPSA) is 29.5 Å². The molecule has 0 saturated carbocycles. The van der Waals surface area contributed by atoms with Crippen LogP contribution in [0.15, 0.2) is 61.2 Å². The molecule has 0 heterocycles. The van der Waals surface area contributed by atoms with E-state index in [-0.39, 0.29) is 5.75 Å². The van der Waals surface area contributed by atoms with E-state index in [0.717, 1.165) is 37.9 Å². The van der Waals surface area contributed by atoms with E-state index in [4.69, 9.17) is 4.74 Å². The molecule has 0 aliphatic carbocycles. The van der Waals surface area contributed by atoms with Crippen molar-refractivity contribution in [3.8, 4) is 11.5 Å². The van der Waals surface area contributed by atoms with Crippen molar-refractivity contribution in [2.24, 2.45) is 5.92 Å². The molecule has 0 aliphatic heterocycles. The molecule has 2 heteroatoms. The van der Waals surface area contributed by atoms with Crippen molar-refractivity contribution in [2.75, 3.05) is 6.61 Å². The lowest BCUT2D eigenvalue weighted by Gasteiger charge is -2.15. The molecule has 1 aromatic rings. The number of phenols is 1. The molecule has 0 spiro atoms. The standard InChI is InChI=1S/C20H28O2/c1-4-7-17(3)9-6-10-18(8-5-2)15-16-22-20-13-11-19(21)12-14-20/h4-5,9,11-14,18,21H,1-2,6-8,10,15-16H2,3H3. The number of hydrogen-bond donors (Lipinski definition) is 1. The third-order valence-electron chi connectivity index (χ3n) is 3.67. The molecule has 1 atom stereocenters. The van der Waals surface area contributed by atoms with Gasteiger partial charge in [-0.15, -0.1) is 13.2 Å². The number of aromatic hydroxyl groups is 1. The fraction of sp³-hybridized carbons (Fsp3) is 0.400. The van der Waals surface area contributed by atoms with E-state index in [1.54, 1.807) is 24.3 Å². The number of ether oxygens (including phenoxy) is 1. The zero-order valence-corrected chi connectivity index (χ0v) is 13.6. The molecule has 120 valence electrons. The molecule has 0 bridgehead atoms. The maximum Gasteiger partial charge on any atom is 0.119 e. The lowest BCUT2D eigenvalue weighted by atomic mass is 9.95. The fourth-order valence-corrected chi connectivity index (χ4v) is 2.38. The van der Waals surface area contributed by atoms with Gasteiger partial charge in [0.25, 0.3) is 0 Å². The van der Waals surface area contributed by atoms with Crippen LogP contribution in [0.25, 0.3) is 0 Å². The van der Waals surface area contributed by atoms with Gasteiger partial charge < -0.3 is 9.84 Å². The average Bonchev–Trinajstić information content (AvgIpc) is 2.49. The third kappa shape index (κ3) is 7.72. The van der Waals surface area contributed by atoms with Crippen molar-refractivity contribution >= 4 is 0 Å². The van der Waals surface area contributed by atoms with E-state index >= 15 is 0 Å². The monoisotopic (exact) mass is 300 g/mol. The van der Waals surface area contributed by atoms with Gasteiger partial charge in [-0.05, 0) is 69.2 Å². The summed E-state index contributed by atoms with van der Waals surface area (Å²) in [4.78, 5) is 0. The van der Waals surface area contributed by atoms with Crippen LogP contribution in [-0.4, -0.2) is 11.7 Å². The lowest BCUT2D eigenvalue weighted by molar-refractivity contribution is 0.272. The first-order chi connectivity index (χ1) is 10.7. The van der Waals surface area contributed by atoms with Crippen LogP contribution in [0.3, 0.4) is 0 Å². The summed E-state index contributed by atoms with van der Waals surface area (Å²) in [7, 11) is 0. The van der Waals surface area contributed by atoms with Crippen LogP contribution < -0.4 is 4.74 Å².